The molecule has 3 aromatic rings. The molecule has 0 spiro atoms. The van der Waals surface area contributed by atoms with Crippen LogP contribution in [-0.4, -0.2) is 23.0 Å². The maximum absolute atomic E-state index is 12.9. The molecule has 0 aliphatic rings. The fourth-order valence-electron chi connectivity index (χ4n) is 3.41. The Morgan fingerprint density at radius 3 is 2.30 bits per heavy atom. The molecule has 0 bridgehead atoms. The molecule has 2 aromatic carbocycles. The van der Waals surface area contributed by atoms with Gasteiger partial charge < -0.3 is 10.1 Å². The van der Waals surface area contributed by atoms with Gasteiger partial charge >= 0.3 is 0 Å². The lowest BCUT2D eigenvalue weighted by atomic mass is 9.82. The summed E-state index contributed by atoms with van der Waals surface area (Å²) in [5.74, 6) is 0.524. The summed E-state index contributed by atoms with van der Waals surface area (Å²) in [7, 11) is 0. The van der Waals surface area contributed by atoms with Crippen molar-refractivity contribution in [2.75, 3.05) is 6.54 Å². The first kappa shape index (κ1) is 21.8. The smallest absolute Gasteiger partial charge is 0.263 e. The third-order valence-electron chi connectivity index (χ3n) is 5.25. The maximum atomic E-state index is 12.9. The van der Waals surface area contributed by atoms with E-state index in [1.807, 2.05) is 54.6 Å². The lowest BCUT2D eigenvalue weighted by Crippen LogP contribution is -2.48. The molecular weight excluding hydrogens is 396 g/mol. The van der Waals surface area contributed by atoms with E-state index >= 15 is 0 Å². The molecule has 2 atom stereocenters. The molecule has 0 fully saturated rings. The van der Waals surface area contributed by atoms with Gasteiger partial charge in [0.05, 0.1) is 0 Å². The van der Waals surface area contributed by atoms with E-state index in [-0.39, 0.29) is 17.7 Å². The molecule has 5 heteroatoms. The monoisotopic (exact) mass is 422 g/mol. The zero-order valence-corrected chi connectivity index (χ0v) is 18.3. The molecule has 4 nitrogen and oxygen atoms in total. The lowest BCUT2D eigenvalue weighted by molar-refractivity contribution is -0.134. The maximum Gasteiger partial charge on any atom is 0.263 e. The van der Waals surface area contributed by atoms with Crippen LogP contribution in [-0.2, 0) is 4.79 Å². The standard InChI is InChI=1S/C25H27ClN2O2/c1-18(19-12-14-21(26)15-13-19)22(20-9-5-4-6-10-20)17-28-24(29)25(2,3)30-23-11-7-8-16-27-23/h4-16,18,22H,17H2,1-3H3,(H,28,29). The summed E-state index contributed by atoms with van der Waals surface area (Å²) in [6.45, 7) is 6.15. The summed E-state index contributed by atoms with van der Waals surface area (Å²) in [6.07, 6.45) is 1.64. The molecule has 1 amide bonds. The molecule has 0 aliphatic carbocycles. The number of pyridine rings is 1. The Morgan fingerprint density at radius 2 is 1.67 bits per heavy atom. The number of rotatable bonds is 8. The highest BCUT2D eigenvalue weighted by molar-refractivity contribution is 6.30. The fraction of sp³-hybridized carbons (Fsp3) is 0.280. The molecule has 0 radical (unpaired) electrons. The molecule has 3 rings (SSSR count). The third kappa shape index (κ3) is 5.61. The van der Waals surface area contributed by atoms with Gasteiger partial charge in [-0.1, -0.05) is 67.1 Å². The Morgan fingerprint density at radius 1 is 1.00 bits per heavy atom. The van der Waals surface area contributed by atoms with E-state index in [4.69, 9.17) is 16.3 Å². The minimum atomic E-state index is -1.04. The molecule has 0 saturated heterocycles. The number of nitrogens with zero attached hydrogens (tertiary/aromatic N) is 1. The van der Waals surface area contributed by atoms with Crippen molar-refractivity contribution in [2.45, 2.75) is 38.2 Å². The number of carbonyl (C=O) groups is 1. The summed E-state index contributed by atoms with van der Waals surface area (Å²) in [5, 5.41) is 3.80. The van der Waals surface area contributed by atoms with Gasteiger partial charge in [0.15, 0.2) is 5.60 Å². The van der Waals surface area contributed by atoms with Crippen LogP contribution in [0.5, 0.6) is 5.88 Å². The van der Waals surface area contributed by atoms with Crippen LogP contribution in [0.15, 0.2) is 79.0 Å². The van der Waals surface area contributed by atoms with Crippen molar-refractivity contribution in [3.05, 3.63) is 95.1 Å². The Labute approximate surface area is 183 Å². The first-order valence-corrected chi connectivity index (χ1v) is 10.4. The van der Waals surface area contributed by atoms with Crippen molar-refractivity contribution in [1.82, 2.24) is 10.3 Å². The van der Waals surface area contributed by atoms with Gasteiger partial charge in [-0.3, -0.25) is 4.79 Å². The normalized spacial score (nSPS) is 13.3. The lowest BCUT2D eigenvalue weighted by Gasteiger charge is -2.29. The van der Waals surface area contributed by atoms with E-state index in [1.54, 1.807) is 26.1 Å². The van der Waals surface area contributed by atoms with E-state index in [0.29, 0.717) is 17.4 Å². The highest BCUT2D eigenvalue weighted by atomic mass is 35.5. The highest BCUT2D eigenvalue weighted by Crippen LogP contribution is 2.33. The zero-order valence-electron chi connectivity index (χ0n) is 17.5. The van der Waals surface area contributed by atoms with Gasteiger partial charge in [-0.25, -0.2) is 4.98 Å². The third-order valence-corrected chi connectivity index (χ3v) is 5.51. The first-order chi connectivity index (χ1) is 14.4. The molecule has 30 heavy (non-hydrogen) atoms. The number of halogens is 1. The van der Waals surface area contributed by atoms with Gasteiger partial charge in [-0.15, -0.1) is 0 Å². The van der Waals surface area contributed by atoms with Gasteiger partial charge in [-0.2, -0.15) is 0 Å². The van der Waals surface area contributed by atoms with E-state index in [1.165, 1.54) is 11.1 Å². The van der Waals surface area contributed by atoms with Crippen LogP contribution in [0, 0.1) is 0 Å². The fourth-order valence-corrected chi connectivity index (χ4v) is 3.54. The number of hydrogen-bond acceptors (Lipinski definition) is 3. The van der Waals surface area contributed by atoms with Crippen LogP contribution in [0.2, 0.25) is 5.02 Å². The number of aromatic nitrogens is 1. The van der Waals surface area contributed by atoms with Crippen LogP contribution in [0.25, 0.3) is 0 Å². The van der Waals surface area contributed by atoms with Gasteiger partial charge in [0.2, 0.25) is 5.88 Å². The molecule has 1 aromatic heterocycles. The Balaban J connectivity index is 1.74. The van der Waals surface area contributed by atoms with Gasteiger partial charge in [0.25, 0.3) is 5.91 Å². The second-order valence-electron chi connectivity index (χ2n) is 7.85. The molecule has 0 aliphatic heterocycles. The van der Waals surface area contributed by atoms with Crippen LogP contribution < -0.4 is 10.1 Å². The summed E-state index contributed by atoms with van der Waals surface area (Å²) < 4.78 is 5.82. The van der Waals surface area contributed by atoms with Crippen LogP contribution in [0.4, 0.5) is 0 Å². The van der Waals surface area contributed by atoms with Crippen molar-refractivity contribution >= 4 is 17.5 Å². The molecule has 1 N–H and O–H groups in total. The Kier molecular flexibility index (Phi) is 7.11. The van der Waals surface area contributed by atoms with Crippen molar-refractivity contribution in [3.8, 4) is 5.88 Å². The summed E-state index contributed by atoms with van der Waals surface area (Å²) in [4.78, 5) is 17.1. The predicted octanol–water partition coefficient (Wildman–Crippen LogP) is 5.60. The molecule has 1 heterocycles. The van der Waals surface area contributed by atoms with E-state index < -0.39 is 5.60 Å². The Bertz CT molecular complexity index is 944. The summed E-state index contributed by atoms with van der Waals surface area (Å²) >= 11 is 6.06. The van der Waals surface area contributed by atoms with Crippen molar-refractivity contribution in [2.24, 2.45) is 0 Å². The van der Waals surface area contributed by atoms with Gasteiger partial charge in [0.1, 0.15) is 0 Å². The molecule has 0 saturated carbocycles. The first-order valence-electron chi connectivity index (χ1n) is 10.1. The largest absolute Gasteiger partial charge is 0.462 e. The van der Waals surface area contributed by atoms with E-state index in [9.17, 15) is 4.79 Å². The van der Waals surface area contributed by atoms with E-state index in [0.717, 1.165) is 0 Å². The molecule has 2 unspecified atom stereocenters. The van der Waals surface area contributed by atoms with Crippen LogP contribution >= 0.6 is 11.6 Å². The van der Waals surface area contributed by atoms with Gasteiger partial charge in [-0.05, 0) is 49.1 Å². The van der Waals surface area contributed by atoms with Crippen LogP contribution in [0.1, 0.15) is 43.7 Å². The topological polar surface area (TPSA) is 51.2 Å². The summed E-state index contributed by atoms with van der Waals surface area (Å²) in [6, 6.07) is 23.5. The SMILES string of the molecule is CC(c1ccc(Cl)cc1)C(CNC(=O)C(C)(C)Oc1ccccn1)c1ccccc1. The second-order valence-corrected chi connectivity index (χ2v) is 8.28. The number of hydrogen-bond donors (Lipinski definition) is 1. The van der Waals surface area contributed by atoms with Crippen molar-refractivity contribution in [1.29, 1.82) is 0 Å². The second kappa shape index (κ2) is 9.77. The highest BCUT2D eigenvalue weighted by Gasteiger charge is 2.31. The van der Waals surface area contributed by atoms with E-state index in [2.05, 4.69) is 29.4 Å². The average Bonchev–Trinajstić information content (AvgIpc) is 2.75. The predicted molar refractivity (Wildman–Crippen MR) is 121 cm³/mol. The summed E-state index contributed by atoms with van der Waals surface area (Å²) in [5.41, 5.74) is 1.30. The number of amides is 1. The van der Waals surface area contributed by atoms with Crippen molar-refractivity contribution in [3.63, 3.8) is 0 Å². The Hall–Kier alpha value is -2.85. The molecule has 156 valence electrons. The van der Waals surface area contributed by atoms with Crippen LogP contribution in [0.3, 0.4) is 0 Å². The molecular formula is C25H27ClN2O2. The van der Waals surface area contributed by atoms with Gasteiger partial charge in [0, 0.05) is 29.7 Å². The number of nitrogens with one attached hydrogen (secondary N) is 1. The number of carbonyl (C=O) groups excluding carboxylic acids is 1. The minimum Gasteiger partial charge on any atom is -0.462 e. The average molecular weight is 423 g/mol. The number of ether oxygens (including phenoxy) is 1. The minimum absolute atomic E-state index is 0.0991. The van der Waals surface area contributed by atoms with Crippen molar-refractivity contribution < 1.29 is 9.53 Å². The zero-order chi connectivity index (χ0) is 21.6. The number of benzene rings is 2. The quantitative estimate of drug-likeness (QED) is 0.514.